The van der Waals surface area contributed by atoms with E-state index < -0.39 is 10.8 Å². The van der Waals surface area contributed by atoms with Crippen LogP contribution in [0.5, 0.6) is 0 Å². The molecule has 172 valence electrons. The molecule has 0 spiro atoms. The molecule has 0 atom stereocenters. The number of non-ortho nitro benzene ring substituents is 1. The summed E-state index contributed by atoms with van der Waals surface area (Å²) in [6, 6.07) is 17.8. The summed E-state index contributed by atoms with van der Waals surface area (Å²) in [6.07, 6.45) is 2.99. The number of hydrazone groups is 1. The van der Waals surface area contributed by atoms with Crippen LogP contribution in [-0.2, 0) is 0 Å². The van der Waals surface area contributed by atoms with E-state index in [0.29, 0.717) is 15.6 Å². The van der Waals surface area contributed by atoms with Crippen molar-refractivity contribution in [1.82, 2.24) is 10.7 Å². The average molecular weight is 497 g/mol. The number of aryl methyl sites for hydroxylation is 1. The van der Waals surface area contributed by atoms with Crippen LogP contribution in [-0.4, -0.2) is 29.2 Å². The van der Waals surface area contributed by atoms with Gasteiger partial charge in [-0.05, 0) is 53.9 Å². The largest absolute Gasteiger partial charge is 0.289 e. The van der Waals surface area contributed by atoms with Crippen LogP contribution >= 0.6 is 23.2 Å². The molecule has 0 radical (unpaired) electrons. The van der Waals surface area contributed by atoms with Gasteiger partial charge in [0, 0.05) is 27.7 Å². The molecular formula is C23H18Cl2N6O3. The monoisotopic (exact) mass is 496 g/mol. The number of nitro benzene ring substituents is 1. The van der Waals surface area contributed by atoms with Crippen LogP contribution in [0, 0.1) is 17.0 Å². The van der Waals surface area contributed by atoms with Crippen molar-refractivity contribution in [2.45, 2.75) is 6.92 Å². The highest BCUT2D eigenvalue weighted by Gasteiger charge is 2.15. The minimum absolute atomic E-state index is 0.0572. The molecule has 0 aliphatic carbocycles. The highest BCUT2D eigenvalue weighted by Crippen LogP contribution is 2.17. The van der Waals surface area contributed by atoms with Crippen molar-refractivity contribution in [2.24, 2.45) is 15.3 Å². The molecule has 0 aromatic heterocycles. The third-order valence-corrected chi connectivity index (χ3v) is 4.89. The van der Waals surface area contributed by atoms with Crippen molar-refractivity contribution in [2.75, 3.05) is 0 Å². The summed E-state index contributed by atoms with van der Waals surface area (Å²) in [6.45, 7) is 1.60. The Morgan fingerprint density at radius 1 is 0.941 bits per heavy atom. The molecular weight excluding hydrogens is 479 g/mol. The van der Waals surface area contributed by atoms with Gasteiger partial charge in [0.15, 0.2) is 0 Å². The van der Waals surface area contributed by atoms with E-state index in [1.807, 2.05) is 0 Å². The quantitative estimate of drug-likeness (QED) is 0.217. The van der Waals surface area contributed by atoms with Gasteiger partial charge < -0.3 is 0 Å². The van der Waals surface area contributed by atoms with E-state index >= 15 is 0 Å². The number of nitrogens with zero attached hydrogens (tertiary/aromatic N) is 4. The predicted molar refractivity (Wildman–Crippen MR) is 134 cm³/mol. The Kier molecular flexibility index (Phi) is 8.44. The number of carbonyl (C=O) groups is 1. The summed E-state index contributed by atoms with van der Waals surface area (Å²) in [4.78, 5) is 23.2. The van der Waals surface area contributed by atoms with Gasteiger partial charge in [-0.25, -0.2) is 5.43 Å². The molecule has 3 rings (SSSR count). The van der Waals surface area contributed by atoms with Gasteiger partial charge in [0.25, 0.3) is 11.6 Å². The SMILES string of the molecule is Cc1cc([N+](=O)[O-])ccc1C(=O)N/C(=N/N=C/c1ccc(Cl)cc1)N/N=C/c1ccc(Cl)cc1. The van der Waals surface area contributed by atoms with E-state index in [9.17, 15) is 14.9 Å². The second-order valence-corrected chi connectivity index (χ2v) is 7.75. The lowest BCUT2D eigenvalue weighted by Crippen LogP contribution is -2.38. The molecule has 0 heterocycles. The fourth-order valence-corrected chi connectivity index (χ4v) is 2.94. The van der Waals surface area contributed by atoms with E-state index in [2.05, 4.69) is 26.0 Å². The van der Waals surface area contributed by atoms with Crippen molar-refractivity contribution >= 4 is 53.2 Å². The van der Waals surface area contributed by atoms with Gasteiger partial charge in [-0.1, -0.05) is 47.5 Å². The Morgan fingerprint density at radius 2 is 1.53 bits per heavy atom. The third kappa shape index (κ3) is 7.22. The number of halogens is 2. The van der Waals surface area contributed by atoms with E-state index in [4.69, 9.17) is 23.2 Å². The molecule has 3 aromatic rings. The predicted octanol–water partition coefficient (Wildman–Crippen LogP) is 4.95. The van der Waals surface area contributed by atoms with Crippen molar-refractivity contribution in [3.05, 3.63) is 109 Å². The molecule has 0 saturated carbocycles. The summed E-state index contributed by atoms with van der Waals surface area (Å²) in [5.41, 5.74) is 4.71. The van der Waals surface area contributed by atoms with Gasteiger partial charge in [0.2, 0.25) is 5.96 Å². The van der Waals surface area contributed by atoms with Gasteiger partial charge in [0.05, 0.1) is 17.4 Å². The number of guanidine groups is 1. The summed E-state index contributed by atoms with van der Waals surface area (Å²) >= 11 is 11.8. The number of nitrogens with one attached hydrogen (secondary N) is 2. The summed E-state index contributed by atoms with van der Waals surface area (Å²) in [5, 5.41) is 26.7. The number of hydrogen-bond donors (Lipinski definition) is 2. The molecule has 0 bridgehead atoms. The zero-order valence-corrected chi connectivity index (χ0v) is 19.3. The maximum Gasteiger partial charge on any atom is 0.269 e. The maximum absolute atomic E-state index is 12.8. The number of carbonyl (C=O) groups excluding carboxylic acids is 1. The second-order valence-electron chi connectivity index (χ2n) is 6.88. The molecule has 0 unspecified atom stereocenters. The normalized spacial score (nSPS) is 11.7. The third-order valence-electron chi connectivity index (χ3n) is 4.39. The highest BCUT2D eigenvalue weighted by molar-refractivity contribution is 6.30. The summed E-state index contributed by atoms with van der Waals surface area (Å²) < 4.78 is 0. The Balaban J connectivity index is 1.79. The van der Waals surface area contributed by atoms with Crippen LogP contribution in [0.4, 0.5) is 5.69 Å². The molecule has 0 aliphatic heterocycles. The first-order chi connectivity index (χ1) is 16.3. The first-order valence-electron chi connectivity index (χ1n) is 9.79. The summed E-state index contributed by atoms with van der Waals surface area (Å²) in [5.74, 6) is -0.597. The fraction of sp³-hybridized carbons (Fsp3) is 0.0435. The number of rotatable bonds is 6. The first kappa shape index (κ1) is 24.6. The smallest absolute Gasteiger partial charge is 0.269 e. The topological polar surface area (TPSA) is 121 Å². The molecule has 34 heavy (non-hydrogen) atoms. The molecule has 3 aromatic carbocycles. The summed E-state index contributed by atoms with van der Waals surface area (Å²) in [7, 11) is 0. The van der Waals surface area contributed by atoms with Crippen LogP contribution in [0.1, 0.15) is 27.0 Å². The Bertz CT molecular complexity index is 1270. The second kappa shape index (κ2) is 11.7. The molecule has 9 nitrogen and oxygen atoms in total. The first-order valence-corrected chi connectivity index (χ1v) is 10.5. The van der Waals surface area contributed by atoms with Gasteiger partial charge in [-0.15, -0.1) is 5.10 Å². The van der Waals surface area contributed by atoms with Crippen molar-refractivity contribution in [3.8, 4) is 0 Å². The van der Waals surface area contributed by atoms with Crippen LogP contribution in [0.25, 0.3) is 0 Å². The van der Waals surface area contributed by atoms with Gasteiger partial charge in [-0.3, -0.25) is 20.2 Å². The number of hydrogen-bond acceptors (Lipinski definition) is 6. The molecule has 0 saturated heterocycles. The van der Waals surface area contributed by atoms with Crippen molar-refractivity contribution in [1.29, 1.82) is 0 Å². The lowest BCUT2D eigenvalue weighted by molar-refractivity contribution is -0.384. The van der Waals surface area contributed by atoms with E-state index in [-0.39, 0.29) is 17.2 Å². The van der Waals surface area contributed by atoms with Crippen molar-refractivity contribution in [3.63, 3.8) is 0 Å². The average Bonchev–Trinajstić information content (AvgIpc) is 2.81. The minimum Gasteiger partial charge on any atom is -0.289 e. The Labute approximate surface area is 205 Å². The van der Waals surface area contributed by atoms with E-state index in [1.54, 1.807) is 55.5 Å². The van der Waals surface area contributed by atoms with Crippen LogP contribution in [0.15, 0.2) is 82.0 Å². The van der Waals surface area contributed by atoms with Gasteiger partial charge >= 0.3 is 0 Å². The standard InChI is InChI=1S/C23H18Cl2N6O3/c1-15-12-20(31(33)34)10-11-21(15)22(32)28-23(29-26-13-16-2-6-18(24)7-3-16)30-27-14-17-4-8-19(25)9-5-17/h2-14H,1H3,(H2,28,29,30,32)/b26-13+,27-14+. The zero-order chi connectivity index (χ0) is 24.5. The number of amides is 1. The lowest BCUT2D eigenvalue weighted by Gasteiger charge is -2.08. The Morgan fingerprint density at radius 3 is 2.09 bits per heavy atom. The molecule has 0 aliphatic rings. The van der Waals surface area contributed by atoms with Gasteiger partial charge in [0.1, 0.15) is 0 Å². The molecule has 0 fully saturated rings. The van der Waals surface area contributed by atoms with E-state index in [1.165, 1.54) is 30.6 Å². The van der Waals surface area contributed by atoms with Crippen LogP contribution in [0.3, 0.4) is 0 Å². The minimum atomic E-state index is -0.540. The Hall–Kier alpha value is -4.08. The molecule has 2 N–H and O–H groups in total. The number of nitro groups is 1. The molecule has 1 amide bonds. The number of benzene rings is 3. The van der Waals surface area contributed by atoms with Crippen molar-refractivity contribution < 1.29 is 9.72 Å². The lowest BCUT2D eigenvalue weighted by atomic mass is 10.1. The van der Waals surface area contributed by atoms with E-state index in [0.717, 1.165) is 11.1 Å². The fourth-order valence-electron chi connectivity index (χ4n) is 2.69. The highest BCUT2D eigenvalue weighted by atomic mass is 35.5. The van der Waals surface area contributed by atoms with Crippen LogP contribution < -0.4 is 10.7 Å². The zero-order valence-electron chi connectivity index (χ0n) is 17.8. The molecule has 11 heteroatoms. The maximum atomic E-state index is 12.8. The van der Waals surface area contributed by atoms with Crippen LogP contribution in [0.2, 0.25) is 10.0 Å². The van der Waals surface area contributed by atoms with Gasteiger partial charge in [-0.2, -0.15) is 10.2 Å².